The second-order valence-corrected chi connectivity index (χ2v) is 9.32. The van der Waals surface area contributed by atoms with Gasteiger partial charge < -0.3 is 15.0 Å². The molecule has 1 heterocycles. The second-order valence-electron chi connectivity index (χ2n) is 7.09. The number of methoxy groups -OCH3 is 1. The minimum Gasteiger partial charge on any atom is -0.497 e. The molecule has 2 amide bonds. The molecule has 24 heavy (non-hydrogen) atoms. The lowest BCUT2D eigenvalue weighted by Crippen LogP contribution is -2.51. The summed E-state index contributed by atoms with van der Waals surface area (Å²) in [7, 11) is -1.84. The normalized spacial score (nSPS) is 16.8. The summed E-state index contributed by atoms with van der Waals surface area (Å²) < 4.78 is 30.5. The van der Waals surface area contributed by atoms with Crippen molar-refractivity contribution in [3.63, 3.8) is 0 Å². The highest BCUT2D eigenvalue weighted by Gasteiger charge is 2.33. The molecular formula is C17H26N2O4S. The van der Waals surface area contributed by atoms with E-state index in [1.54, 1.807) is 36.3 Å². The standard InChI is InChI=1S/C17H26N2O4S/c1-17(2,3)18-16(20)19-11-9-15(10-12-19)24(21,22)14-7-5-13(23-4)6-8-14/h5-8,15H,9-12H2,1-4H3,(H,18,20). The molecule has 1 aliphatic heterocycles. The van der Waals surface area contributed by atoms with Crippen molar-refractivity contribution in [1.82, 2.24) is 10.2 Å². The van der Waals surface area contributed by atoms with Crippen molar-refractivity contribution >= 4 is 15.9 Å². The van der Waals surface area contributed by atoms with Crippen LogP contribution in [-0.2, 0) is 9.84 Å². The number of hydrogen-bond acceptors (Lipinski definition) is 4. The predicted octanol–water partition coefficient (Wildman–Crippen LogP) is 2.44. The average Bonchev–Trinajstić information content (AvgIpc) is 2.53. The Balaban J connectivity index is 2.01. The van der Waals surface area contributed by atoms with Gasteiger partial charge in [-0.15, -0.1) is 0 Å². The Morgan fingerprint density at radius 3 is 2.17 bits per heavy atom. The van der Waals surface area contributed by atoms with Crippen molar-refractivity contribution in [2.45, 2.75) is 49.3 Å². The van der Waals surface area contributed by atoms with E-state index in [0.717, 1.165) is 0 Å². The van der Waals surface area contributed by atoms with E-state index < -0.39 is 15.1 Å². The van der Waals surface area contributed by atoms with E-state index in [-0.39, 0.29) is 11.6 Å². The summed E-state index contributed by atoms with van der Waals surface area (Å²) in [5, 5.41) is 2.46. The number of sulfone groups is 1. The van der Waals surface area contributed by atoms with Crippen LogP contribution in [0.3, 0.4) is 0 Å². The fourth-order valence-corrected chi connectivity index (χ4v) is 4.46. The van der Waals surface area contributed by atoms with Crippen molar-refractivity contribution in [2.75, 3.05) is 20.2 Å². The third kappa shape index (κ3) is 4.41. The summed E-state index contributed by atoms with van der Waals surface area (Å²) in [6, 6.07) is 6.32. The van der Waals surface area contributed by atoms with Crippen LogP contribution >= 0.6 is 0 Å². The van der Waals surface area contributed by atoms with Crippen LogP contribution in [0, 0.1) is 0 Å². The Kier molecular flexibility index (Phi) is 5.42. The van der Waals surface area contributed by atoms with Crippen LogP contribution in [-0.4, -0.2) is 50.3 Å². The van der Waals surface area contributed by atoms with Crippen molar-refractivity contribution in [2.24, 2.45) is 0 Å². The van der Waals surface area contributed by atoms with E-state index in [0.29, 0.717) is 36.6 Å². The summed E-state index contributed by atoms with van der Waals surface area (Å²) in [6.45, 7) is 6.66. The van der Waals surface area contributed by atoms with Crippen LogP contribution in [0.2, 0.25) is 0 Å². The monoisotopic (exact) mass is 354 g/mol. The van der Waals surface area contributed by atoms with Crippen molar-refractivity contribution in [1.29, 1.82) is 0 Å². The number of hydrogen-bond donors (Lipinski definition) is 1. The molecule has 0 aromatic heterocycles. The first kappa shape index (κ1) is 18.6. The molecular weight excluding hydrogens is 328 g/mol. The molecule has 0 aliphatic carbocycles. The molecule has 2 rings (SSSR count). The van der Waals surface area contributed by atoms with Crippen LogP contribution in [0.25, 0.3) is 0 Å². The molecule has 1 aromatic carbocycles. The van der Waals surface area contributed by atoms with Gasteiger partial charge in [0.15, 0.2) is 9.84 Å². The van der Waals surface area contributed by atoms with Crippen LogP contribution < -0.4 is 10.1 Å². The highest BCUT2D eigenvalue weighted by atomic mass is 32.2. The maximum absolute atomic E-state index is 12.7. The molecule has 0 radical (unpaired) electrons. The number of urea groups is 1. The molecule has 0 saturated carbocycles. The number of amides is 2. The van der Waals surface area contributed by atoms with Gasteiger partial charge in [0.1, 0.15) is 5.75 Å². The molecule has 7 heteroatoms. The number of piperidine rings is 1. The van der Waals surface area contributed by atoms with Gasteiger partial charge in [0.25, 0.3) is 0 Å². The quantitative estimate of drug-likeness (QED) is 0.904. The molecule has 0 unspecified atom stereocenters. The molecule has 134 valence electrons. The highest BCUT2D eigenvalue weighted by molar-refractivity contribution is 7.92. The first-order valence-corrected chi connectivity index (χ1v) is 9.63. The lowest BCUT2D eigenvalue weighted by Gasteiger charge is -2.34. The molecule has 0 bridgehead atoms. The van der Waals surface area contributed by atoms with Crippen molar-refractivity contribution < 1.29 is 17.9 Å². The van der Waals surface area contributed by atoms with Crippen molar-refractivity contribution in [3.8, 4) is 5.75 Å². The van der Waals surface area contributed by atoms with Crippen LogP contribution in [0.4, 0.5) is 4.79 Å². The minimum atomic E-state index is -3.39. The van der Waals surface area contributed by atoms with Gasteiger partial charge in [-0.1, -0.05) is 0 Å². The lowest BCUT2D eigenvalue weighted by molar-refractivity contribution is 0.178. The number of benzene rings is 1. The Hall–Kier alpha value is -1.76. The van der Waals surface area contributed by atoms with Crippen LogP contribution in [0.5, 0.6) is 5.75 Å². The number of rotatable bonds is 3. The molecule has 1 N–H and O–H groups in total. The third-order valence-electron chi connectivity index (χ3n) is 4.04. The number of ether oxygens (including phenoxy) is 1. The van der Waals surface area contributed by atoms with Crippen LogP contribution in [0.15, 0.2) is 29.2 Å². The fourth-order valence-electron chi connectivity index (χ4n) is 2.73. The molecule has 0 spiro atoms. The minimum absolute atomic E-state index is 0.136. The summed E-state index contributed by atoms with van der Waals surface area (Å²) >= 11 is 0. The third-order valence-corrected chi connectivity index (χ3v) is 6.32. The van der Waals surface area contributed by atoms with E-state index in [4.69, 9.17) is 4.74 Å². The SMILES string of the molecule is COc1ccc(S(=O)(=O)C2CCN(C(=O)NC(C)(C)C)CC2)cc1. The summed E-state index contributed by atoms with van der Waals surface area (Å²) in [4.78, 5) is 14.2. The molecule has 1 aromatic rings. The molecule has 6 nitrogen and oxygen atoms in total. The largest absolute Gasteiger partial charge is 0.497 e. The van der Waals surface area contributed by atoms with Gasteiger partial charge in [0, 0.05) is 18.6 Å². The summed E-state index contributed by atoms with van der Waals surface area (Å²) in [5.74, 6) is 0.627. The Labute approximate surface area is 144 Å². The Morgan fingerprint density at radius 2 is 1.71 bits per heavy atom. The maximum Gasteiger partial charge on any atom is 0.317 e. The lowest BCUT2D eigenvalue weighted by atomic mass is 10.1. The fraction of sp³-hybridized carbons (Fsp3) is 0.588. The van der Waals surface area contributed by atoms with Gasteiger partial charge in [0.05, 0.1) is 17.3 Å². The van der Waals surface area contributed by atoms with Gasteiger partial charge in [-0.25, -0.2) is 13.2 Å². The molecule has 0 atom stereocenters. The summed E-state index contributed by atoms with van der Waals surface area (Å²) in [5.41, 5.74) is -0.302. The first-order chi connectivity index (χ1) is 11.1. The molecule has 1 aliphatic rings. The number of likely N-dealkylation sites (tertiary alicyclic amines) is 1. The zero-order chi connectivity index (χ0) is 18.0. The van der Waals surface area contributed by atoms with Gasteiger partial charge in [0.2, 0.25) is 0 Å². The van der Waals surface area contributed by atoms with E-state index >= 15 is 0 Å². The maximum atomic E-state index is 12.7. The number of carbonyl (C=O) groups excluding carboxylic acids is 1. The number of carbonyl (C=O) groups is 1. The topological polar surface area (TPSA) is 75.7 Å². The van der Waals surface area contributed by atoms with E-state index in [1.807, 2.05) is 20.8 Å². The smallest absolute Gasteiger partial charge is 0.317 e. The summed E-state index contributed by atoms with van der Waals surface area (Å²) in [6.07, 6.45) is 0.901. The second kappa shape index (κ2) is 7.01. The van der Waals surface area contributed by atoms with Gasteiger partial charge >= 0.3 is 6.03 Å². The zero-order valence-corrected chi connectivity index (χ0v) is 15.5. The highest BCUT2D eigenvalue weighted by Crippen LogP contribution is 2.26. The first-order valence-electron chi connectivity index (χ1n) is 8.08. The van der Waals surface area contributed by atoms with Gasteiger partial charge in [-0.2, -0.15) is 0 Å². The van der Waals surface area contributed by atoms with Crippen LogP contribution in [0.1, 0.15) is 33.6 Å². The predicted molar refractivity (Wildman–Crippen MR) is 93.1 cm³/mol. The number of nitrogens with zero attached hydrogens (tertiary/aromatic N) is 1. The Bertz CT molecular complexity index is 670. The van der Waals surface area contributed by atoms with Gasteiger partial charge in [-0.3, -0.25) is 0 Å². The Morgan fingerprint density at radius 1 is 1.17 bits per heavy atom. The average molecular weight is 354 g/mol. The van der Waals surface area contributed by atoms with E-state index in [9.17, 15) is 13.2 Å². The molecule has 1 fully saturated rings. The zero-order valence-electron chi connectivity index (χ0n) is 14.7. The van der Waals surface area contributed by atoms with Gasteiger partial charge in [-0.05, 0) is 57.9 Å². The van der Waals surface area contributed by atoms with E-state index in [1.165, 1.54) is 0 Å². The molecule has 1 saturated heterocycles. The number of nitrogens with one attached hydrogen (secondary N) is 1. The van der Waals surface area contributed by atoms with Crippen molar-refractivity contribution in [3.05, 3.63) is 24.3 Å². The van der Waals surface area contributed by atoms with E-state index in [2.05, 4.69) is 5.32 Å².